The van der Waals surface area contributed by atoms with Crippen molar-refractivity contribution in [1.82, 2.24) is 10.6 Å². The average molecular weight is 343 g/mol. The number of fused-ring (bicyclic) bond motifs is 2. The van der Waals surface area contributed by atoms with E-state index in [9.17, 15) is 15.2 Å². The maximum Gasteiger partial charge on any atom is 0.142 e. The van der Waals surface area contributed by atoms with E-state index in [4.69, 9.17) is 0 Å². The Morgan fingerprint density at radius 2 is 2.00 bits per heavy atom. The number of aliphatic hydroxyl groups excluding tert-OH is 1. The zero-order valence-electron chi connectivity index (χ0n) is 14.8. The molecule has 0 aromatic heterocycles. The first-order valence-corrected chi connectivity index (χ1v) is 10.2. The highest BCUT2D eigenvalue weighted by atomic mass is 16.3. The maximum absolute atomic E-state index is 13.0. The van der Waals surface area contributed by atoms with Crippen LogP contribution in [0.5, 0.6) is 0 Å². The molecule has 6 aliphatic rings. The van der Waals surface area contributed by atoms with Crippen LogP contribution >= 0.6 is 0 Å². The van der Waals surface area contributed by atoms with Crippen LogP contribution < -0.4 is 10.6 Å². The van der Waals surface area contributed by atoms with Crippen molar-refractivity contribution < 1.29 is 9.90 Å². The normalized spacial score (nSPS) is 52.5. The van der Waals surface area contributed by atoms with Gasteiger partial charge in [0.25, 0.3) is 0 Å². The Balaban J connectivity index is 1.22. The quantitative estimate of drug-likeness (QED) is 0.704. The van der Waals surface area contributed by atoms with Crippen molar-refractivity contribution in [1.29, 1.82) is 5.26 Å². The van der Waals surface area contributed by atoms with Gasteiger partial charge in [0.2, 0.25) is 0 Å². The molecular formula is C20H29N3O2. The Kier molecular flexibility index (Phi) is 3.58. The van der Waals surface area contributed by atoms with Crippen LogP contribution in [-0.2, 0) is 4.79 Å². The van der Waals surface area contributed by atoms with Crippen LogP contribution in [0.15, 0.2) is 0 Å². The van der Waals surface area contributed by atoms with E-state index in [1.54, 1.807) is 0 Å². The fourth-order valence-corrected chi connectivity index (χ4v) is 7.35. The number of carbonyl (C=O) groups is 1. The second-order valence-electron chi connectivity index (χ2n) is 9.67. The highest BCUT2D eigenvalue weighted by Gasteiger charge is 2.57. The van der Waals surface area contributed by atoms with Gasteiger partial charge in [0.15, 0.2) is 0 Å². The van der Waals surface area contributed by atoms with Crippen LogP contribution in [0.2, 0.25) is 0 Å². The van der Waals surface area contributed by atoms with Crippen molar-refractivity contribution in [2.75, 3.05) is 6.54 Å². The van der Waals surface area contributed by atoms with Gasteiger partial charge in [-0.1, -0.05) is 0 Å². The first-order chi connectivity index (χ1) is 12.0. The number of piperidine rings is 1. The Morgan fingerprint density at radius 1 is 1.24 bits per heavy atom. The second-order valence-corrected chi connectivity index (χ2v) is 9.67. The van der Waals surface area contributed by atoms with Gasteiger partial charge in [-0.3, -0.25) is 10.1 Å². The fraction of sp³-hybridized carbons (Fsp3) is 0.900. The molecule has 25 heavy (non-hydrogen) atoms. The Morgan fingerprint density at radius 3 is 2.68 bits per heavy atom. The zero-order valence-corrected chi connectivity index (χ0v) is 14.8. The summed E-state index contributed by atoms with van der Waals surface area (Å²) in [7, 11) is 0. The van der Waals surface area contributed by atoms with Crippen molar-refractivity contribution in [3.8, 4) is 6.07 Å². The van der Waals surface area contributed by atoms with E-state index in [2.05, 4.69) is 16.7 Å². The Hall–Kier alpha value is -0.960. The molecule has 5 aliphatic carbocycles. The first kappa shape index (κ1) is 16.2. The summed E-state index contributed by atoms with van der Waals surface area (Å²) < 4.78 is 0. The lowest BCUT2D eigenvalue weighted by atomic mass is 9.52. The van der Waals surface area contributed by atoms with Crippen molar-refractivity contribution in [3.63, 3.8) is 0 Å². The number of Topliss-reactive ketones (excluding diaryl/α,β-unsaturated/α-hetero) is 1. The highest BCUT2D eigenvalue weighted by Crippen LogP contribution is 2.55. The van der Waals surface area contributed by atoms with Gasteiger partial charge in [-0.15, -0.1) is 0 Å². The van der Waals surface area contributed by atoms with Crippen LogP contribution in [0.1, 0.15) is 57.8 Å². The smallest absolute Gasteiger partial charge is 0.142 e. The van der Waals surface area contributed by atoms with Gasteiger partial charge in [0.05, 0.1) is 17.6 Å². The number of hydrogen-bond acceptors (Lipinski definition) is 5. The maximum atomic E-state index is 13.0. The summed E-state index contributed by atoms with van der Waals surface area (Å²) >= 11 is 0. The molecule has 1 aliphatic heterocycles. The molecule has 1 saturated heterocycles. The van der Waals surface area contributed by atoms with E-state index < -0.39 is 5.41 Å². The topological polar surface area (TPSA) is 85.2 Å². The molecule has 5 atom stereocenters. The first-order valence-electron chi connectivity index (χ1n) is 10.2. The summed E-state index contributed by atoms with van der Waals surface area (Å²) in [6.07, 6.45) is 8.97. The number of nitriles is 1. The largest absolute Gasteiger partial charge is 0.393 e. The molecule has 0 radical (unpaired) electrons. The number of aliphatic hydroxyl groups is 1. The van der Waals surface area contributed by atoms with Crippen molar-refractivity contribution in [2.24, 2.45) is 23.2 Å². The van der Waals surface area contributed by atoms with Gasteiger partial charge in [0, 0.05) is 24.5 Å². The van der Waals surface area contributed by atoms with Crippen LogP contribution in [0.3, 0.4) is 0 Å². The molecule has 6 bridgehead atoms. The van der Waals surface area contributed by atoms with Gasteiger partial charge in [0.1, 0.15) is 11.8 Å². The van der Waals surface area contributed by atoms with Gasteiger partial charge in [-0.25, -0.2) is 0 Å². The molecule has 5 nitrogen and oxygen atoms in total. The summed E-state index contributed by atoms with van der Waals surface area (Å²) in [6.45, 7) is 0.728. The van der Waals surface area contributed by atoms with Crippen LogP contribution in [0, 0.1) is 34.5 Å². The number of ketones is 1. The number of nitrogens with one attached hydrogen (secondary N) is 2. The highest BCUT2D eigenvalue weighted by molar-refractivity contribution is 5.87. The molecular weight excluding hydrogens is 314 g/mol. The Bertz CT molecular complexity index is 613. The molecule has 136 valence electrons. The minimum Gasteiger partial charge on any atom is -0.393 e. The lowest BCUT2D eigenvalue weighted by Gasteiger charge is -2.59. The third kappa shape index (κ3) is 2.34. The molecule has 3 N–H and O–H groups in total. The molecule has 0 spiro atoms. The molecule has 5 saturated carbocycles. The SMILES string of the molecule is N#CC1NC2CCC1(C(=O)CCNC13CC4CC(C1)C(O)C(C4)C3)C2. The molecule has 0 aromatic rings. The molecule has 5 unspecified atom stereocenters. The van der Waals surface area contributed by atoms with E-state index in [-0.39, 0.29) is 23.5 Å². The van der Waals surface area contributed by atoms with E-state index in [1.807, 2.05) is 0 Å². The van der Waals surface area contributed by atoms with Crippen LogP contribution in [0.4, 0.5) is 0 Å². The lowest BCUT2D eigenvalue weighted by Crippen LogP contribution is -2.63. The van der Waals surface area contributed by atoms with E-state index in [0.29, 0.717) is 24.3 Å². The minimum atomic E-state index is -0.418. The van der Waals surface area contributed by atoms with Crippen LogP contribution in [-0.4, -0.2) is 41.2 Å². The third-order valence-electron chi connectivity index (χ3n) is 8.26. The minimum absolute atomic E-state index is 0.0941. The number of carbonyl (C=O) groups excluding carboxylic acids is 1. The summed E-state index contributed by atoms with van der Waals surface area (Å²) in [5.41, 5.74) is -0.257. The molecule has 1 heterocycles. The molecule has 0 amide bonds. The molecule has 6 rings (SSSR count). The summed E-state index contributed by atoms with van der Waals surface area (Å²) in [6, 6.07) is 2.41. The van der Waals surface area contributed by atoms with Gasteiger partial charge in [-0.05, 0) is 69.1 Å². The Labute approximate surface area is 149 Å². The van der Waals surface area contributed by atoms with Crippen molar-refractivity contribution >= 4 is 5.78 Å². The van der Waals surface area contributed by atoms with Crippen molar-refractivity contribution in [3.05, 3.63) is 0 Å². The predicted molar refractivity (Wildman–Crippen MR) is 92.5 cm³/mol. The summed E-state index contributed by atoms with van der Waals surface area (Å²) in [5.74, 6) is 1.97. The van der Waals surface area contributed by atoms with E-state index in [1.165, 1.54) is 19.3 Å². The molecule has 0 aromatic carbocycles. The number of rotatable bonds is 5. The van der Waals surface area contributed by atoms with E-state index in [0.717, 1.165) is 44.6 Å². The number of hydrogen-bond donors (Lipinski definition) is 3. The van der Waals surface area contributed by atoms with Gasteiger partial charge >= 0.3 is 0 Å². The predicted octanol–water partition coefficient (Wildman–Crippen LogP) is 1.51. The average Bonchev–Trinajstić information content (AvgIpc) is 3.18. The van der Waals surface area contributed by atoms with Gasteiger partial charge < -0.3 is 10.4 Å². The molecule has 6 fully saturated rings. The summed E-state index contributed by atoms with van der Waals surface area (Å²) in [5, 5.41) is 26.9. The lowest BCUT2D eigenvalue weighted by molar-refractivity contribution is -0.129. The number of nitrogens with zero attached hydrogens (tertiary/aromatic N) is 1. The zero-order chi connectivity index (χ0) is 17.2. The van der Waals surface area contributed by atoms with Gasteiger partial charge in [-0.2, -0.15) is 5.26 Å². The third-order valence-corrected chi connectivity index (χ3v) is 8.26. The van der Waals surface area contributed by atoms with Crippen molar-refractivity contribution in [2.45, 2.75) is 81.5 Å². The fourth-order valence-electron chi connectivity index (χ4n) is 7.35. The monoisotopic (exact) mass is 343 g/mol. The second kappa shape index (κ2) is 5.52. The molecule has 5 heteroatoms. The van der Waals surface area contributed by atoms with Crippen LogP contribution in [0.25, 0.3) is 0 Å². The van der Waals surface area contributed by atoms with E-state index >= 15 is 0 Å². The summed E-state index contributed by atoms with van der Waals surface area (Å²) in [4.78, 5) is 13.0. The standard InChI is InChI=1S/C20H29N3O2/c21-11-16-20(3-1-15(10-20)23-16)17(24)2-4-22-19-7-12-5-13(8-19)18(25)14(6-12)9-19/h12-16,18,22-23,25H,1-10H2.